The largest absolute Gasteiger partial charge is 0.337 e. The van der Waals surface area contributed by atoms with E-state index in [1.165, 1.54) is 31.4 Å². The van der Waals surface area contributed by atoms with Gasteiger partial charge >= 0.3 is 0 Å². The van der Waals surface area contributed by atoms with E-state index >= 15 is 0 Å². The molecule has 0 unspecified atom stereocenters. The van der Waals surface area contributed by atoms with Gasteiger partial charge in [-0.2, -0.15) is 11.8 Å². The van der Waals surface area contributed by atoms with Crippen molar-refractivity contribution in [2.45, 2.75) is 32.2 Å². The summed E-state index contributed by atoms with van der Waals surface area (Å²) in [6.45, 7) is 1.06. The zero-order valence-electron chi connectivity index (χ0n) is 8.66. The number of aryl methyl sites for hydroxylation is 1. The highest BCUT2D eigenvalue weighted by Crippen LogP contribution is 2.06. The van der Waals surface area contributed by atoms with Gasteiger partial charge in [-0.05, 0) is 37.1 Å². The lowest BCUT2D eigenvalue weighted by molar-refractivity contribution is 0.579. The average Bonchev–Trinajstić information content (AvgIpc) is 2.58. The molecule has 0 spiro atoms. The maximum atomic E-state index is 5.11. The Kier molecular flexibility index (Phi) is 6.03. The van der Waals surface area contributed by atoms with E-state index in [1.807, 2.05) is 24.2 Å². The van der Waals surface area contributed by atoms with Crippen LogP contribution >= 0.6 is 24.0 Å². The Morgan fingerprint density at radius 3 is 2.79 bits per heavy atom. The molecule has 0 fully saturated rings. The Balaban J connectivity index is 2.05. The molecule has 1 aromatic rings. The third kappa shape index (κ3) is 4.33. The third-order valence-electron chi connectivity index (χ3n) is 2.22. The summed E-state index contributed by atoms with van der Waals surface area (Å²) < 4.78 is 2.94. The molecule has 1 aromatic heterocycles. The van der Waals surface area contributed by atoms with Crippen LogP contribution < -0.4 is 0 Å². The maximum absolute atomic E-state index is 5.11. The number of nitrogens with zero attached hydrogens (tertiary/aromatic N) is 1. The van der Waals surface area contributed by atoms with Crippen LogP contribution in [0.4, 0.5) is 0 Å². The zero-order chi connectivity index (χ0) is 10.2. The molecule has 14 heavy (non-hydrogen) atoms. The minimum absolute atomic E-state index is 0.842. The van der Waals surface area contributed by atoms with Gasteiger partial charge in [0.2, 0.25) is 0 Å². The fourth-order valence-electron chi connectivity index (χ4n) is 1.41. The SMILES string of the molecule is CSCCCCCCn1cc[nH]c1=S. The second-order valence-electron chi connectivity index (χ2n) is 3.37. The molecule has 1 N–H and O–H groups in total. The van der Waals surface area contributed by atoms with Gasteiger partial charge in [0, 0.05) is 18.9 Å². The molecule has 0 radical (unpaired) electrons. The lowest BCUT2D eigenvalue weighted by Gasteiger charge is -2.01. The van der Waals surface area contributed by atoms with Crippen LogP contribution in [0.3, 0.4) is 0 Å². The van der Waals surface area contributed by atoms with E-state index in [-0.39, 0.29) is 0 Å². The number of thioether (sulfide) groups is 1. The van der Waals surface area contributed by atoms with E-state index < -0.39 is 0 Å². The van der Waals surface area contributed by atoms with Gasteiger partial charge in [-0.3, -0.25) is 0 Å². The quantitative estimate of drug-likeness (QED) is 0.572. The number of aromatic nitrogens is 2. The first-order valence-electron chi connectivity index (χ1n) is 5.07. The molecule has 0 saturated carbocycles. The molecule has 0 aliphatic carbocycles. The van der Waals surface area contributed by atoms with Gasteiger partial charge in [0.05, 0.1) is 0 Å². The highest BCUT2D eigenvalue weighted by Gasteiger charge is 1.93. The Bertz CT molecular complexity index is 290. The Labute approximate surface area is 95.1 Å². The summed E-state index contributed by atoms with van der Waals surface area (Å²) in [6, 6.07) is 0. The lowest BCUT2D eigenvalue weighted by atomic mass is 10.2. The molecular formula is C10H18N2S2. The number of H-pyrrole nitrogens is 1. The summed E-state index contributed by atoms with van der Waals surface area (Å²) >= 11 is 7.04. The predicted octanol–water partition coefficient (Wildman–Crippen LogP) is 3.47. The first-order chi connectivity index (χ1) is 6.84. The third-order valence-corrected chi connectivity index (χ3v) is 3.27. The minimum atomic E-state index is 0.842. The molecular weight excluding hydrogens is 212 g/mol. The summed E-state index contributed by atoms with van der Waals surface area (Å²) in [5.41, 5.74) is 0. The summed E-state index contributed by atoms with van der Waals surface area (Å²) in [5.74, 6) is 1.30. The van der Waals surface area contributed by atoms with E-state index in [2.05, 4.69) is 15.8 Å². The number of imidazole rings is 1. The average molecular weight is 230 g/mol. The molecule has 0 aliphatic rings. The van der Waals surface area contributed by atoms with E-state index in [9.17, 15) is 0 Å². The van der Waals surface area contributed by atoms with Gasteiger partial charge < -0.3 is 9.55 Å². The predicted molar refractivity (Wildman–Crippen MR) is 66.5 cm³/mol. The molecule has 2 nitrogen and oxygen atoms in total. The van der Waals surface area contributed by atoms with Crippen molar-refractivity contribution in [3.05, 3.63) is 17.2 Å². The smallest absolute Gasteiger partial charge is 0.177 e. The van der Waals surface area contributed by atoms with Crippen LogP contribution in [-0.2, 0) is 6.54 Å². The Morgan fingerprint density at radius 2 is 2.14 bits per heavy atom. The normalized spacial score (nSPS) is 10.6. The van der Waals surface area contributed by atoms with Crippen LogP contribution in [0.25, 0.3) is 0 Å². The van der Waals surface area contributed by atoms with Gasteiger partial charge in [-0.15, -0.1) is 0 Å². The van der Waals surface area contributed by atoms with Gasteiger partial charge in [0.1, 0.15) is 0 Å². The van der Waals surface area contributed by atoms with E-state index in [0.717, 1.165) is 11.3 Å². The van der Waals surface area contributed by atoms with E-state index in [1.54, 1.807) is 0 Å². The first-order valence-corrected chi connectivity index (χ1v) is 6.87. The topological polar surface area (TPSA) is 20.7 Å². The second-order valence-corrected chi connectivity index (χ2v) is 4.74. The van der Waals surface area contributed by atoms with Crippen molar-refractivity contribution in [2.75, 3.05) is 12.0 Å². The molecule has 1 rings (SSSR count). The fraction of sp³-hybridized carbons (Fsp3) is 0.700. The van der Waals surface area contributed by atoms with Crippen LogP contribution in [-0.4, -0.2) is 21.6 Å². The summed E-state index contributed by atoms with van der Waals surface area (Å²) in [4.78, 5) is 3.00. The van der Waals surface area contributed by atoms with Crippen LogP contribution in [0, 0.1) is 4.77 Å². The Hall–Kier alpha value is -0.220. The van der Waals surface area contributed by atoms with Gasteiger partial charge in [-0.25, -0.2) is 0 Å². The number of nitrogens with one attached hydrogen (secondary N) is 1. The van der Waals surface area contributed by atoms with Crippen molar-refractivity contribution >= 4 is 24.0 Å². The van der Waals surface area contributed by atoms with Gasteiger partial charge in [-0.1, -0.05) is 12.8 Å². The maximum Gasteiger partial charge on any atom is 0.177 e. The van der Waals surface area contributed by atoms with Crippen molar-refractivity contribution in [1.82, 2.24) is 9.55 Å². The molecule has 80 valence electrons. The summed E-state index contributed by atoms with van der Waals surface area (Å²) in [5, 5.41) is 0. The van der Waals surface area contributed by atoms with Crippen molar-refractivity contribution in [2.24, 2.45) is 0 Å². The van der Waals surface area contributed by atoms with Crippen molar-refractivity contribution < 1.29 is 0 Å². The lowest BCUT2D eigenvalue weighted by Crippen LogP contribution is -1.96. The number of aromatic amines is 1. The van der Waals surface area contributed by atoms with Crippen LogP contribution in [0.5, 0.6) is 0 Å². The highest BCUT2D eigenvalue weighted by atomic mass is 32.2. The van der Waals surface area contributed by atoms with E-state index in [4.69, 9.17) is 12.2 Å². The number of unbranched alkanes of at least 4 members (excludes halogenated alkanes) is 3. The molecule has 0 bridgehead atoms. The zero-order valence-corrected chi connectivity index (χ0v) is 10.3. The molecule has 1 heterocycles. The number of hydrogen-bond donors (Lipinski definition) is 1. The highest BCUT2D eigenvalue weighted by molar-refractivity contribution is 7.98. The summed E-state index contributed by atoms with van der Waals surface area (Å²) in [6.07, 6.45) is 11.3. The molecule has 0 aromatic carbocycles. The molecule has 0 saturated heterocycles. The van der Waals surface area contributed by atoms with Crippen LogP contribution in [0.15, 0.2) is 12.4 Å². The van der Waals surface area contributed by atoms with Crippen LogP contribution in [0.1, 0.15) is 25.7 Å². The second kappa shape index (κ2) is 7.12. The van der Waals surface area contributed by atoms with Crippen LogP contribution in [0.2, 0.25) is 0 Å². The van der Waals surface area contributed by atoms with E-state index in [0.29, 0.717) is 0 Å². The summed E-state index contributed by atoms with van der Waals surface area (Å²) in [7, 11) is 0. The van der Waals surface area contributed by atoms with Gasteiger partial charge in [0.25, 0.3) is 0 Å². The molecule has 0 amide bonds. The molecule has 0 aliphatic heterocycles. The first kappa shape index (κ1) is 11.9. The van der Waals surface area contributed by atoms with Crippen molar-refractivity contribution in [3.8, 4) is 0 Å². The molecule has 4 heteroatoms. The molecule has 0 atom stereocenters. The number of rotatable bonds is 7. The Morgan fingerprint density at radius 1 is 1.36 bits per heavy atom. The monoisotopic (exact) mass is 230 g/mol. The van der Waals surface area contributed by atoms with Gasteiger partial charge in [0.15, 0.2) is 4.77 Å². The van der Waals surface area contributed by atoms with Crippen molar-refractivity contribution in [1.29, 1.82) is 0 Å². The number of hydrogen-bond acceptors (Lipinski definition) is 2. The minimum Gasteiger partial charge on any atom is -0.337 e. The standard InChI is InChI=1S/C10H18N2S2/c1-14-9-5-3-2-4-7-12-8-6-11-10(12)13/h6,8H,2-5,7,9H2,1H3,(H,11,13). The van der Waals surface area contributed by atoms with Crippen molar-refractivity contribution in [3.63, 3.8) is 0 Å². The fourth-order valence-corrected chi connectivity index (χ4v) is 2.12.